The predicted molar refractivity (Wildman–Crippen MR) is 397 cm³/mol. The smallest absolute Gasteiger partial charge is 0.0421 e. The Kier molecular flexibility index (Phi) is 21.3. The van der Waals surface area contributed by atoms with Crippen molar-refractivity contribution in [2.45, 2.75) is 216 Å². The van der Waals surface area contributed by atoms with Crippen LogP contribution in [0.5, 0.6) is 0 Å². The quantitative estimate of drug-likeness (QED) is 0.0429. The van der Waals surface area contributed by atoms with Crippen LogP contribution in [0.15, 0.2) is 221 Å². The van der Waals surface area contributed by atoms with Crippen molar-refractivity contribution in [2.24, 2.45) is 0 Å². The first-order valence-electron chi connectivity index (χ1n) is 35.1. The lowest BCUT2D eigenvalue weighted by Crippen LogP contribution is -2.31. The summed E-state index contributed by atoms with van der Waals surface area (Å²) in [5, 5.41) is 0. The van der Waals surface area contributed by atoms with E-state index in [9.17, 15) is 0 Å². The Labute approximate surface area is 560 Å². The summed E-state index contributed by atoms with van der Waals surface area (Å²) in [6, 6.07) is 60.0. The van der Waals surface area contributed by atoms with Gasteiger partial charge >= 0.3 is 0 Å². The van der Waals surface area contributed by atoms with E-state index in [1.807, 2.05) is 0 Å². The molecule has 4 aliphatic carbocycles. The molecular formula is C88H100Br2. The fraction of sp³-hybridized carbons (Fsp3) is 0.386. The van der Waals surface area contributed by atoms with Crippen LogP contribution in [0.25, 0.3) is 34.4 Å². The third-order valence-electron chi connectivity index (χ3n) is 21.4. The summed E-state index contributed by atoms with van der Waals surface area (Å²) >= 11 is 7.63. The molecule has 0 saturated carbocycles. The van der Waals surface area contributed by atoms with Crippen LogP contribution >= 0.6 is 31.9 Å². The molecule has 4 unspecified atom stereocenters. The number of halogens is 2. The number of rotatable bonds is 28. The number of hydrogen-bond acceptors (Lipinski definition) is 0. The van der Waals surface area contributed by atoms with Crippen molar-refractivity contribution < 1.29 is 0 Å². The lowest BCUT2D eigenvalue weighted by atomic mass is 9.63. The number of benzene rings is 7. The Bertz CT molecular complexity index is 3490. The Hall–Kier alpha value is -6.06. The van der Waals surface area contributed by atoms with Crippen molar-refractivity contribution in [3.63, 3.8) is 0 Å². The highest BCUT2D eigenvalue weighted by Crippen LogP contribution is 2.59. The maximum atomic E-state index is 3.81. The summed E-state index contributed by atoms with van der Waals surface area (Å²) in [5.41, 5.74) is 19.9. The maximum absolute atomic E-state index is 3.81. The van der Waals surface area contributed by atoms with Crippen LogP contribution in [0.3, 0.4) is 0 Å². The molecule has 0 aliphatic heterocycles. The predicted octanol–water partition coefficient (Wildman–Crippen LogP) is 26.6. The van der Waals surface area contributed by atoms with Crippen molar-refractivity contribution in [3.8, 4) is 22.3 Å². The maximum Gasteiger partial charge on any atom is 0.0421 e. The molecule has 90 heavy (non-hydrogen) atoms. The minimum absolute atomic E-state index is 0.0224. The molecule has 4 aliphatic rings. The van der Waals surface area contributed by atoms with Crippen LogP contribution < -0.4 is 0 Å². The minimum Gasteiger partial charge on any atom is -0.0755 e. The zero-order chi connectivity index (χ0) is 62.8. The normalized spacial score (nSPS) is 20.1. The highest BCUT2D eigenvalue weighted by Gasteiger charge is 2.47. The second-order valence-corrected chi connectivity index (χ2v) is 30.1. The van der Waals surface area contributed by atoms with Gasteiger partial charge in [0.05, 0.1) is 0 Å². The molecule has 0 radical (unpaired) electrons. The fourth-order valence-electron chi connectivity index (χ4n) is 16.4. The van der Waals surface area contributed by atoms with E-state index in [1.165, 1.54) is 190 Å². The van der Waals surface area contributed by atoms with E-state index in [1.54, 1.807) is 22.3 Å². The molecule has 0 fully saturated rings. The number of hydrogen-bond donors (Lipinski definition) is 0. The van der Waals surface area contributed by atoms with Gasteiger partial charge in [0.15, 0.2) is 0 Å². The molecule has 0 heterocycles. The molecule has 0 amide bonds. The van der Waals surface area contributed by atoms with Gasteiger partial charge in [-0.15, -0.1) is 0 Å². The van der Waals surface area contributed by atoms with E-state index in [2.05, 4.69) is 305 Å². The second kappa shape index (κ2) is 29.3. The van der Waals surface area contributed by atoms with E-state index in [0.717, 1.165) is 8.95 Å². The lowest BCUT2D eigenvalue weighted by Gasteiger charge is -2.39. The first kappa shape index (κ1) is 65.4. The second-order valence-electron chi connectivity index (χ2n) is 28.2. The lowest BCUT2D eigenvalue weighted by molar-refractivity contribution is 0.400. The summed E-state index contributed by atoms with van der Waals surface area (Å²) in [7, 11) is 0. The third kappa shape index (κ3) is 13.4. The van der Waals surface area contributed by atoms with Crippen LogP contribution in [0.2, 0.25) is 0 Å². The molecule has 0 nitrogen and oxygen atoms in total. The molecule has 7 aromatic rings. The van der Waals surface area contributed by atoms with Gasteiger partial charge in [0.1, 0.15) is 0 Å². The third-order valence-corrected chi connectivity index (χ3v) is 22.4. The summed E-state index contributed by atoms with van der Waals surface area (Å²) in [5.74, 6) is 0.130. The largest absolute Gasteiger partial charge is 0.0755 e. The summed E-state index contributed by atoms with van der Waals surface area (Å²) < 4.78 is 2.20. The fourth-order valence-corrected chi connectivity index (χ4v) is 17.0. The molecule has 0 aromatic heterocycles. The van der Waals surface area contributed by atoms with Crippen LogP contribution in [0, 0.1) is 0 Å². The Balaban J connectivity index is 1.06. The van der Waals surface area contributed by atoms with Crippen molar-refractivity contribution >= 4 is 44.0 Å². The molecule has 4 atom stereocenters. The molecule has 0 bridgehead atoms. The SMILES string of the molecule is CCCCCCC1(CCCCCC)c2ccccc2-c2ccc(C3(C=Cc4cc(C=CC5(c6ccc7c(c6)C(CCCCCC)(CCCCCC)c6ccccc6-7)C=CC=CC5c5ccc(Br)cc5)cc(C(C)(C)C)c4)C=CC=CC3c3ccc(Br)cc3)cc21. The van der Waals surface area contributed by atoms with E-state index in [4.69, 9.17) is 0 Å². The molecule has 0 saturated heterocycles. The average Bonchev–Trinajstić information content (AvgIpc) is 2.04. The van der Waals surface area contributed by atoms with Crippen LogP contribution in [-0.4, -0.2) is 0 Å². The monoisotopic (exact) mass is 1310 g/mol. The average molecular weight is 1320 g/mol. The van der Waals surface area contributed by atoms with Gasteiger partial charge in [-0.1, -0.05) is 377 Å². The zero-order valence-electron chi connectivity index (χ0n) is 55.4. The minimum atomic E-state index is -0.480. The van der Waals surface area contributed by atoms with Gasteiger partial charge in [-0.3, -0.25) is 0 Å². The Morgan fingerprint density at radius 3 is 1.11 bits per heavy atom. The molecule has 0 N–H and O–H groups in total. The summed E-state index contributed by atoms with van der Waals surface area (Å²) in [4.78, 5) is 0. The molecule has 2 heteroatoms. The first-order chi connectivity index (χ1) is 43.8. The van der Waals surface area contributed by atoms with Crippen molar-refractivity contribution in [1.82, 2.24) is 0 Å². The van der Waals surface area contributed by atoms with Crippen molar-refractivity contribution in [3.05, 3.63) is 283 Å². The first-order valence-corrected chi connectivity index (χ1v) is 36.7. The van der Waals surface area contributed by atoms with Gasteiger partial charge in [0.25, 0.3) is 0 Å². The van der Waals surface area contributed by atoms with Crippen LogP contribution in [0.4, 0.5) is 0 Å². The standard InChI is InChI=1S/C88H100Br2/c1-8-12-16-26-54-87(55-27-17-13-9-2)80-36-22-20-32-74(80)76-48-42-69(63-82(76)87)85(52-30-24-34-78(85)67-38-44-72(89)45-39-67)58-50-65-60-66(62-71(61-65)84(5,6)7)51-59-86(53-31-25-35-79(86)68-40-46-73(90)47-41-68)70-43-49-77-75-33-21-23-37-81(75)88(83(77)64-70,56-28-18-14-10-3)57-29-19-15-11-4/h20-25,30-53,58-64,78-79H,8-19,26-29,54-57H2,1-7H3. The highest BCUT2D eigenvalue weighted by molar-refractivity contribution is 9.10. The Morgan fingerprint density at radius 2 is 0.744 bits per heavy atom. The van der Waals surface area contributed by atoms with E-state index >= 15 is 0 Å². The summed E-state index contributed by atoms with van der Waals surface area (Å²) in [6.45, 7) is 16.5. The van der Waals surface area contributed by atoms with Crippen LogP contribution in [0.1, 0.15) is 250 Å². The van der Waals surface area contributed by atoms with Gasteiger partial charge in [0.2, 0.25) is 0 Å². The van der Waals surface area contributed by atoms with Gasteiger partial charge < -0.3 is 0 Å². The molecule has 466 valence electrons. The van der Waals surface area contributed by atoms with E-state index < -0.39 is 10.8 Å². The van der Waals surface area contributed by atoms with Gasteiger partial charge in [-0.05, 0) is 145 Å². The van der Waals surface area contributed by atoms with Gasteiger partial charge in [0, 0.05) is 42.4 Å². The van der Waals surface area contributed by atoms with Crippen molar-refractivity contribution in [2.75, 3.05) is 0 Å². The highest BCUT2D eigenvalue weighted by atomic mass is 79.9. The molecular weight excluding hydrogens is 1220 g/mol. The molecule has 7 aromatic carbocycles. The van der Waals surface area contributed by atoms with Crippen molar-refractivity contribution in [1.29, 1.82) is 0 Å². The van der Waals surface area contributed by atoms with Crippen LogP contribution in [-0.2, 0) is 27.1 Å². The molecule has 11 rings (SSSR count). The molecule has 0 spiro atoms. The number of fused-ring (bicyclic) bond motifs is 6. The van der Waals surface area contributed by atoms with Gasteiger partial charge in [-0.25, -0.2) is 0 Å². The van der Waals surface area contributed by atoms with E-state index in [-0.39, 0.29) is 28.1 Å². The van der Waals surface area contributed by atoms with E-state index in [0.29, 0.717) is 0 Å². The Morgan fingerprint density at radius 1 is 0.378 bits per heavy atom. The topological polar surface area (TPSA) is 0 Å². The summed E-state index contributed by atoms with van der Waals surface area (Å²) in [6.07, 6.45) is 54.3. The van der Waals surface area contributed by atoms with Gasteiger partial charge in [-0.2, -0.15) is 0 Å². The number of unbranched alkanes of at least 4 members (excludes halogenated alkanes) is 12. The number of allylic oxidation sites excluding steroid dienone is 10. The zero-order valence-corrected chi connectivity index (χ0v) is 58.6.